The number of fused-ring (bicyclic) bond motifs is 4. The lowest BCUT2D eigenvalue weighted by molar-refractivity contribution is 0.653. The van der Waals surface area contributed by atoms with Gasteiger partial charge in [-0.1, -0.05) is 6.07 Å². The van der Waals surface area contributed by atoms with Crippen molar-refractivity contribution in [3.63, 3.8) is 0 Å². The molecule has 5 rings (SSSR count). The Hall–Kier alpha value is -3.52. The van der Waals surface area contributed by atoms with E-state index in [1.54, 1.807) is 6.20 Å². The lowest BCUT2D eigenvalue weighted by Crippen LogP contribution is -2.36. The van der Waals surface area contributed by atoms with Crippen LogP contribution in [0.4, 0.5) is 17.1 Å². The number of hydrogen-bond acceptors (Lipinski definition) is 5. The molecule has 27 heavy (non-hydrogen) atoms. The van der Waals surface area contributed by atoms with Crippen molar-refractivity contribution in [1.82, 2.24) is 4.98 Å². The van der Waals surface area contributed by atoms with Gasteiger partial charge >= 0.3 is 0 Å². The maximum Gasteiger partial charge on any atom is 0.227 e. The van der Waals surface area contributed by atoms with E-state index in [1.807, 2.05) is 24.3 Å². The first-order chi connectivity index (χ1) is 13.1. The zero-order chi connectivity index (χ0) is 18.7. The second kappa shape index (κ2) is 5.49. The first-order valence-electron chi connectivity index (χ1n) is 8.93. The van der Waals surface area contributed by atoms with Gasteiger partial charge in [-0.15, -0.1) is 0 Å². The Morgan fingerprint density at radius 3 is 2.78 bits per heavy atom. The van der Waals surface area contributed by atoms with E-state index in [1.165, 1.54) is 0 Å². The number of para-hydroxylation sites is 1. The summed E-state index contributed by atoms with van der Waals surface area (Å²) in [6.45, 7) is 4.24. The second-order valence-electron chi connectivity index (χ2n) is 6.99. The molecule has 5 heteroatoms. The fourth-order valence-electron chi connectivity index (χ4n) is 4.06. The molecule has 132 valence electrons. The normalized spacial score (nSPS) is 16.1. The van der Waals surface area contributed by atoms with Crippen molar-refractivity contribution >= 4 is 39.1 Å². The standard InChI is InChI=1S/C22H18N4O/c1-13-10-17-16-7-5-9-24-22(16)27-20(17)11-19(13)26-14(2)25(3)18-8-4-6-15(12-23)21(18)26/h4-11,14H,1-3H3/t14-/m0/s1. The number of rotatable bonds is 1. The molecule has 0 fully saturated rings. The molecule has 0 saturated carbocycles. The molecule has 0 radical (unpaired) electrons. The number of furan rings is 1. The largest absolute Gasteiger partial charge is 0.438 e. The first-order valence-corrected chi connectivity index (χ1v) is 8.93. The molecule has 0 bridgehead atoms. The summed E-state index contributed by atoms with van der Waals surface area (Å²) in [6.07, 6.45) is 1.83. The zero-order valence-corrected chi connectivity index (χ0v) is 15.4. The molecular formula is C22H18N4O. The Balaban J connectivity index is 1.78. The quantitative estimate of drug-likeness (QED) is 0.476. The Labute approximate surface area is 157 Å². The van der Waals surface area contributed by atoms with E-state index >= 15 is 0 Å². The molecule has 0 saturated heterocycles. The number of nitriles is 1. The molecule has 4 aromatic rings. The van der Waals surface area contributed by atoms with E-state index in [-0.39, 0.29) is 6.17 Å². The van der Waals surface area contributed by atoms with E-state index in [9.17, 15) is 5.26 Å². The van der Waals surface area contributed by atoms with Crippen molar-refractivity contribution < 1.29 is 4.42 Å². The van der Waals surface area contributed by atoms with Crippen molar-refractivity contribution in [3.8, 4) is 6.07 Å². The van der Waals surface area contributed by atoms with Crippen molar-refractivity contribution in [3.05, 3.63) is 59.8 Å². The van der Waals surface area contributed by atoms with Gasteiger partial charge in [-0.25, -0.2) is 4.98 Å². The molecular weight excluding hydrogens is 336 g/mol. The van der Waals surface area contributed by atoms with Gasteiger partial charge in [0, 0.05) is 35.8 Å². The summed E-state index contributed by atoms with van der Waals surface area (Å²) < 4.78 is 6.00. The molecule has 5 nitrogen and oxygen atoms in total. The summed E-state index contributed by atoms with van der Waals surface area (Å²) >= 11 is 0. The van der Waals surface area contributed by atoms with Crippen LogP contribution in [0, 0.1) is 18.3 Å². The summed E-state index contributed by atoms with van der Waals surface area (Å²) in [7, 11) is 2.06. The maximum absolute atomic E-state index is 9.65. The minimum absolute atomic E-state index is 0.0909. The maximum atomic E-state index is 9.65. The Kier molecular flexibility index (Phi) is 3.19. The van der Waals surface area contributed by atoms with Crippen LogP contribution in [0.3, 0.4) is 0 Å². The van der Waals surface area contributed by atoms with Gasteiger partial charge in [0.25, 0.3) is 0 Å². The smallest absolute Gasteiger partial charge is 0.227 e. The van der Waals surface area contributed by atoms with E-state index in [0.29, 0.717) is 11.3 Å². The van der Waals surface area contributed by atoms with Crippen LogP contribution in [-0.2, 0) is 0 Å². The van der Waals surface area contributed by atoms with Gasteiger partial charge in [-0.3, -0.25) is 0 Å². The highest BCUT2D eigenvalue weighted by Gasteiger charge is 2.34. The van der Waals surface area contributed by atoms with Crippen LogP contribution in [-0.4, -0.2) is 18.2 Å². The summed E-state index contributed by atoms with van der Waals surface area (Å²) in [5.41, 5.74) is 6.32. The second-order valence-corrected chi connectivity index (χ2v) is 6.99. The predicted octanol–water partition coefficient (Wildman–Crippen LogP) is 5.10. The van der Waals surface area contributed by atoms with Crippen LogP contribution < -0.4 is 9.80 Å². The molecule has 2 aromatic heterocycles. The van der Waals surface area contributed by atoms with Gasteiger partial charge in [0.1, 0.15) is 17.8 Å². The average Bonchev–Trinajstić information content (AvgIpc) is 3.16. The highest BCUT2D eigenvalue weighted by molar-refractivity contribution is 6.05. The highest BCUT2D eigenvalue weighted by Crippen LogP contribution is 2.47. The molecule has 0 N–H and O–H groups in total. The topological polar surface area (TPSA) is 56.3 Å². The summed E-state index contributed by atoms with van der Waals surface area (Å²) in [5.74, 6) is 0. The van der Waals surface area contributed by atoms with Crippen LogP contribution >= 0.6 is 0 Å². The van der Waals surface area contributed by atoms with Crippen molar-refractivity contribution in [2.45, 2.75) is 20.0 Å². The lowest BCUT2D eigenvalue weighted by atomic mass is 10.1. The third kappa shape index (κ3) is 2.07. The van der Waals surface area contributed by atoms with Gasteiger partial charge in [0.05, 0.1) is 16.9 Å². The number of anilines is 3. The monoisotopic (exact) mass is 354 g/mol. The number of aromatic nitrogens is 1. The predicted molar refractivity (Wildman–Crippen MR) is 107 cm³/mol. The lowest BCUT2D eigenvalue weighted by Gasteiger charge is -2.29. The third-order valence-corrected chi connectivity index (χ3v) is 5.52. The number of hydrogen-bond donors (Lipinski definition) is 0. The van der Waals surface area contributed by atoms with Crippen LogP contribution in [0.25, 0.3) is 22.1 Å². The molecule has 0 aliphatic carbocycles. The average molecular weight is 354 g/mol. The Morgan fingerprint density at radius 1 is 1.11 bits per heavy atom. The van der Waals surface area contributed by atoms with Crippen LogP contribution in [0.15, 0.2) is 53.1 Å². The van der Waals surface area contributed by atoms with E-state index in [4.69, 9.17) is 4.42 Å². The minimum Gasteiger partial charge on any atom is -0.438 e. The molecule has 0 spiro atoms. The van der Waals surface area contributed by atoms with Crippen LogP contribution in [0.2, 0.25) is 0 Å². The minimum atomic E-state index is 0.0909. The summed E-state index contributed by atoms with van der Waals surface area (Å²) in [5, 5.41) is 11.7. The van der Waals surface area contributed by atoms with Crippen LogP contribution in [0.5, 0.6) is 0 Å². The first kappa shape index (κ1) is 15.7. The molecule has 1 aliphatic rings. The fourth-order valence-corrected chi connectivity index (χ4v) is 4.06. The van der Waals surface area contributed by atoms with Gasteiger partial charge in [-0.05, 0) is 49.7 Å². The molecule has 3 heterocycles. The zero-order valence-electron chi connectivity index (χ0n) is 15.4. The Morgan fingerprint density at radius 2 is 1.96 bits per heavy atom. The number of nitrogens with zero attached hydrogens (tertiary/aromatic N) is 4. The van der Waals surface area contributed by atoms with Gasteiger partial charge in [0.15, 0.2) is 0 Å². The van der Waals surface area contributed by atoms with Crippen molar-refractivity contribution in [2.75, 3.05) is 16.8 Å². The third-order valence-electron chi connectivity index (χ3n) is 5.52. The van der Waals surface area contributed by atoms with Crippen LogP contribution in [0.1, 0.15) is 18.1 Å². The highest BCUT2D eigenvalue weighted by atomic mass is 16.3. The number of aryl methyl sites for hydroxylation is 1. The molecule has 1 aliphatic heterocycles. The van der Waals surface area contributed by atoms with Crippen molar-refractivity contribution in [2.24, 2.45) is 0 Å². The van der Waals surface area contributed by atoms with Gasteiger partial charge in [-0.2, -0.15) is 5.26 Å². The molecule has 2 aromatic carbocycles. The van der Waals surface area contributed by atoms with E-state index in [2.05, 4.69) is 59.9 Å². The fraction of sp³-hybridized carbons (Fsp3) is 0.182. The number of pyridine rings is 1. The Bertz CT molecular complexity index is 1250. The van der Waals surface area contributed by atoms with Gasteiger partial charge in [0.2, 0.25) is 5.71 Å². The molecule has 1 atom stereocenters. The van der Waals surface area contributed by atoms with Gasteiger partial charge < -0.3 is 14.2 Å². The molecule has 0 unspecified atom stereocenters. The summed E-state index contributed by atoms with van der Waals surface area (Å²) in [4.78, 5) is 8.75. The van der Waals surface area contributed by atoms with E-state index < -0.39 is 0 Å². The summed E-state index contributed by atoms with van der Waals surface area (Å²) in [6, 6.07) is 16.4. The SMILES string of the molecule is Cc1cc2c(cc1N1c3c(C#N)cccc3N(C)[C@@H]1C)oc1ncccc12. The number of benzene rings is 2. The van der Waals surface area contributed by atoms with E-state index in [0.717, 1.165) is 39.0 Å². The molecule has 0 amide bonds. The van der Waals surface area contributed by atoms with Crippen molar-refractivity contribution in [1.29, 1.82) is 5.26 Å².